The SMILES string of the molecule is C1CC2=C3CCC(=C1C2)C3. The van der Waals surface area contributed by atoms with Crippen molar-refractivity contribution in [3.8, 4) is 0 Å². The predicted octanol–water partition coefficient (Wildman–Crippen LogP) is 2.96. The molecule has 10 heavy (non-hydrogen) atoms. The first-order chi connectivity index (χ1) is 4.93. The Morgan fingerprint density at radius 3 is 1.10 bits per heavy atom. The van der Waals surface area contributed by atoms with Gasteiger partial charge >= 0.3 is 0 Å². The zero-order valence-electron chi connectivity index (χ0n) is 6.24. The van der Waals surface area contributed by atoms with Gasteiger partial charge in [0.2, 0.25) is 0 Å². The van der Waals surface area contributed by atoms with E-state index in [2.05, 4.69) is 0 Å². The van der Waals surface area contributed by atoms with Crippen molar-refractivity contribution < 1.29 is 0 Å². The van der Waals surface area contributed by atoms with Crippen molar-refractivity contribution in [3.63, 3.8) is 0 Å². The fourth-order valence-electron chi connectivity index (χ4n) is 2.68. The molecule has 0 amide bonds. The Morgan fingerprint density at radius 1 is 0.500 bits per heavy atom. The van der Waals surface area contributed by atoms with Crippen molar-refractivity contribution >= 4 is 0 Å². The summed E-state index contributed by atoms with van der Waals surface area (Å²) in [6, 6.07) is 0. The second-order valence-electron chi connectivity index (χ2n) is 3.77. The van der Waals surface area contributed by atoms with E-state index >= 15 is 0 Å². The van der Waals surface area contributed by atoms with Crippen LogP contribution in [-0.4, -0.2) is 0 Å². The van der Waals surface area contributed by atoms with Crippen LogP contribution in [0.3, 0.4) is 0 Å². The maximum atomic E-state index is 1.82. The third-order valence-electron chi connectivity index (χ3n) is 3.31. The third kappa shape index (κ3) is 0.484. The largest absolute Gasteiger partial charge is 0.0663 e. The van der Waals surface area contributed by atoms with Gasteiger partial charge in [-0.25, -0.2) is 0 Å². The molecule has 0 atom stereocenters. The van der Waals surface area contributed by atoms with Gasteiger partial charge in [0.15, 0.2) is 0 Å². The standard InChI is InChI=1S/C10H12/c1-2-8-5-7(1)9-3-4-10(8)6-9/h1-6H2. The van der Waals surface area contributed by atoms with E-state index in [0.29, 0.717) is 0 Å². The first-order valence-electron chi connectivity index (χ1n) is 4.33. The second kappa shape index (κ2) is 1.55. The number of fused-ring (bicyclic) bond motifs is 4. The van der Waals surface area contributed by atoms with Crippen molar-refractivity contribution in [2.75, 3.05) is 0 Å². The monoisotopic (exact) mass is 132 g/mol. The average Bonchev–Trinajstić information content (AvgIpc) is 2.41. The first kappa shape index (κ1) is 5.17. The van der Waals surface area contributed by atoms with E-state index < -0.39 is 0 Å². The molecular formula is C10H12. The van der Waals surface area contributed by atoms with Gasteiger partial charge < -0.3 is 0 Å². The smallest absolute Gasteiger partial charge is 0.0103 e. The van der Waals surface area contributed by atoms with Crippen LogP contribution in [0.15, 0.2) is 22.3 Å². The topological polar surface area (TPSA) is 0 Å². The normalized spacial score (nSPS) is 28.8. The van der Waals surface area contributed by atoms with Crippen LogP contribution in [0.1, 0.15) is 38.5 Å². The van der Waals surface area contributed by atoms with E-state index in [1.54, 1.807) is 0 Å². The van der Waals surface area contributed by atoms with Crippen molar-refractivity contribution in [3.05, 3.63) is 22.3 Å². The molecule has 0 unspecified atom stereocenters. The van der Waals surface area contributed by atoms with Gasteiger partial charge in [0.25, 0.3) is 0 Å². The minimum absolute atomic E-state index is 1.38. The number of hydrogen-bond acceptors (Lipinski definition) is 0. The zero-order valence-corrected chi connectivity index (χ0v) is 6.24. The van der Waals surface area contributed by atoms with Gasteiger partial charge in [-0.2, -0.15) is 0 Å². The van der Waals surface area contributed by atoms with Gasteiger partial charge in [0, 0.05) is 0 Å². The summed E-state index contributed by atoms with van der Waals surface area (Å²) in [7, 11) is 0. The fraction of sp³-hybridized carbons (Fsp3) is 0.600. The van der Waals surface area contributed by atoms with Crippen LogP contribution in [0, 0.1) is 0 Å². The second-order valence-corrected chi connectivity index (χ2v) is 3.77. The molecule has 4 bridgehead atoms. The highest BCUT2D eigenvalue weighted by molar-refractivity contribution is 5.43. The van der Waals surface area contributed by atoms with Gasteiger partial charge in [0.05, 0.1) is 0 Å². The maximum Gasteiger partial charge on any atom is -0.0103 e. The summed E-state index contributed by atoms with van der Waals surface area (Å²) < 4.78 is 0. The van der Waals surface area contributed by atoms with E-state index in [9.17, 15) is 0 Å². The molecule has 3 aliphatic carbocycles. The van der Waals surface area contributed by atoms with Crippen LogP contribution in [0.4, 0.5) is 0 Å². The molecule has 0 nitrogen and oxygen atoms in total. The molecule has 0 saturated heterocycles. The van der Waals surface area contributed by atoms with Gasteiger partial charge in [-0.1, -0.05) is 22.3 Å². The van der Waals surface area contributed by atoms with E-state index in [4.69, 9.17) is 0 Å². The Labute approximate surface area is 61.6 Å². The minimum Gasteiger partial charge on any atom is -0.0663 e. The molecule has 0 aromatic rings. The highest BCUT2D eigenvalue weighted by Crippen LogP contribution is 2.48. The summed E-state index contributed by atoms with van der Waals surface area (Å²) in [5, 5.41) is 0. The van der Waals surface area contributed by atoms with E-state index in [0.717, 1.165) is 0 Å². The quantitative estimate of drug-likeness (QED) is 0.444. The molecule has 2 fully saturated rings. The molecule has 0 heteroatoms. The van der Waals surface area contributed by atoms with Gasteiger partial charge in [-0.3, -0.25) is 0 Å². The van der Waals surface area contributed by atoms with Gasteiger partial charge in [-0.15, -0.1) is 0 Å². The summed E-state index contributed by atoms with van der Waals surface area (Å²) in [5.41, 5.74) is 7.26. The third-order valence-corrected chi connectivity index (χ3v) is 3.31. The molecule has 2 saturated carbocycles. The Hall–Kier alpha value is -0.520. The van der Waals surface area contributed by atoms with Gasteiger partial charge in [0.1, 0.15) is 0 Å². The molecule has 0 spiro atoms. The van der Waals surface area contributed by atoms with Crippen LogP contribution in [0.25, 0.3) is 0 Å². The fourth-order valence-corrected chi connectivity index (χ4v) is 2.68. The molecule has 0 heterocycles. The number of rotatable bonds is 0. The molecule has 0 aromatic heterocycles. The highest BCUT2D eigenvalue weighted by atomic mass is 14.3. The van der Waals surface area contributed by atoms with Crippen molar-refractivity contribution in [2.45, 2.75) is 38.5 Å². The lowest BCUT2D eigenvalue weighted by Crippen LogP contribution is -1.87. The van der Waals surface area contributed by atoms with Crippen LogP contribution in [-0.2, 0) is 0 Å². The van der Waals surface area contributed by atoms with Crippen molar-refractivity contribution in [1.82, 2.24) is 0 Å². The van der Waals surface area contributed by atoms with Crippen LogP contribution >= 0.6 is 0 Å². The van der Waals surface area contributed by atoms with Gasteiger partial charge in [-0.05, 0) is 38.5 Å². The summed E-state index contributed by atoms with van der Waals surface area (Å²) in [6.07, 6.45) is 8.40. The van der Waals surface area contributed by atoms with E-state index in [1.807, 2.05) is 22.3 Å². The Balaban J connectivity index is 2.25. The average molecular weight is 132 g/mol. The first-order valence-corrected chi connectivity index (χ1v) is 4.33. The summed E-state index contributed by atoms with van der Waals surface area (Å²) >= 11 is 0. The maximum absolute atomic E-state index is 1.82. The summed E-state index contributed by atoms with van der Waals surface area (Å²) in [4.78, 5) is 0. The minimum atomic E-state index is 1.38. The number of hydrogen-bond donors (Lipinski definition) is 0. The molecule has 52 valence electrons. The zero-order chi connectivity index (χ0) is 6.55. The summed E-state index contributed by atoms with van der Waals surface area (Å²) in [6.45, 7) is 0. The molecule has 0 aromatic carbocycles. The van der Waals surface area contributed by atoms with E-state index in [-0.39, 0.29) is 0 Å². The van der Waals surface area contributed by atoms with Crippen LogP contribution in [0.2, 0.25) is 0 Å². The van der Waals surface area contributed by atoms with Crippen LogP contribution in [0.5, 0.6) is 0 Å². The molecule has 0 N–H and O–H groups in total. The van der Waals surface area contributed by atoms with Crippen LogP contribution < -0.4 is 0 Å². The number of allylic oxidation sites excluding steroid dienone is 4. The van der Waals surface area contributed by atoms with Crippen molar-refractivity contribution in [1.29, 1.82) is 0 Å². The Bertz CT molecular complexity index is 201. The molecular weight excluding hydrogens is 120 g/mol. The lowest BCUT2D eigenvalue weighted by molar-refractivity contribution is 0.962. The lowest BCUT2D eigenvalue weighted by Gasteiger charge is -2.07. The van der Waals surface area contributed by atoms with E-state index in [1.165, 1.54) is 38.5 Å². The Kier molecular flexibility index (Phi) is 0.803. The molecule has 3 aliphatic rings. The molecule has 0 radical (unpaired) electrons. The lowest BCUT2D eigenvalue weighted by atomic mass is 9.99. The molecule has 3 rings (SSSR count). The Morgan fingerprint density at radius 2 is 0.800 bits per heavy atom. The van der Waals surface area contributed by atoms with Crippen molar-refractivity contribution in [2.24, 2.45) is 0 Å². The molecule has 0 aliphatic heterocycles. The highest BCUT2D eigenvalue weighted by Gasteiger charge is 2.29. The predicted molar refractivity (Wildman–Crippen MR) is 41.8 cm³/mol. The summed E-state index contributed by atoms with van der Waals surface area (Å²) in [5.74, 6) is 0.